The quantitative estimate of drug-likeness (QED) is 0.714. The van der Waals surface area contributed by atoms with Crippen molar-refractivity contribution in [2.24, 2.45) is 5.92 Å². The highest BCUT2D eigenvalue weighted by Gasteiger charge is 2.17. The van der Waals surface area contributed by atoms with Gasteiger partial charge in [0.25, 0.3) is 0 Å². The summed E-state index contributed by atoms with van der Waals surface area (Å²) in [5, 5.41) is 6.36. The van der Waals surface area contributed by atoms with Gasteiger partial charge >= 0.3 is 6.03 Å². The summed E-state index contributed by atoms with van der Waals surface area (Å²) in [4.78, 5) is 12.8. The predicted octanol–water partition coefficient (Wildman–Crippen LogP) is 1.43. The van der Waals surface area contributed by atoms with E-state index >= 15 is 0 Å². The van der Waals surface area contributed by atoms with Gasteiger partial charge in [0, 0.05) is 33.2 Å². The Balaban J connectivity index is 2.01. The molecule has 0 radical (unpaired) electrons. The monoisotopic (exact) mass is 227 g/mol. The van der Waals surface area contributed by atoms with Crippen LogP contribution in [0.25, 0.3) is 0 Å². The van der Waals surface area contributed by atoms with Gasteiger partial charge in [-0.1, -0.05) is 6.92 Å². The molecule has 94 valence electrons. The van der Waals surface area contributed by atoms with Gasteiger partial charge in [-0.05, 0) is 31.6 Å². The van der Waals surface area contributed by atoms with Gasteiger partial charge in [0.1, 0.15) is 0 Å². The molecule has 0 aromatic rings. The van der Waals surface area contributed by atoms with Crippen molar-refractivity contribution in [3.63, 3.8) is 0 Å². The number of carbonyl (C=O) groups is 1. The largest absolute Gasteiger partial charge is 0.337 e. The molecule has 16 heavy (non-hydrogen) atoms. The molecule has 0 heterocycles. The number of hydrogen-bond donors (Lipinski definition) is 2. The second-order valence-electron chi connectivity index (χ2n) is 5.04. The SMILES string of the molecule is CC1CCC(NCCNC(=O)N(C)C)CC1. The summed E-state index contributed by atoms with van der Waals surface area (Å²) in [5.41, 5.74) is 0. The Bertz CT molecular complexity index is 210. The lowest BCUT2D eigenvalue weighted by atomic mass is 9.87. The molecular formula is C12H25N3O. The smallest absolute Gasteiger partial charge is 0.316 e. The summed E-state index contributed by atoms with van der Waals surface area (Å²) >= 11 is 0. The van der Waals surface area contributed by atoms with Crippen molar-refractivity contribution in [1.29, 1.82) is 0 Å². The third kappa shape index (κ3) is 4.84. The van der Waals surface area contributed by atoms with Crippen LogP contribution in [-0.4, -0.2) is 44.2 Å². The molecule has 0 aromatic carbocycles. The summed E-state index contributed by atoms with van der Waals surface area (Å²) in [7, 11) is 3.51. The molecule has 1 aliphatic carbocycles. The zero-order valence-corrected chi connectivity index (χ0v) is 10.8. The van der Waals surface area contributed by atoms with Crippen LogP contribution in [0.3, 0.4) is 0 Å². The van der Waals surface area contributed by atoms with Crippen molar-refractivity contribution in [3.05, 3.63) is 0 Å². The Morgan fingerprint density at radius 1 is 1.19 bits per heavy atom. The first-order valence-electron chi connectivity index (χ1n) is 6.28. The first-order chi connectivity index (χ1) is 7.59. The minimum atomic E-state index is -0.0148. The number of amides is 2. The second kappa shape index (κ2) is 6.74. The zero-order valence-electron chi connectivity index (χ0n) is 10.8. The fourth-order valence-electron chi connectivity index (χ4n) is 2.07. The van der Waals surface area contributed by atoms with E-state index in [4.69, 9.17) is 0 Å². The molecule has 4 nitrogen and oxygen atoms in total. The maximum Gasteiger partial charge on any atom is 0.316 e. The van der Waals surface area contributed by atoms with Crippen molar-refractivity contribution >= 4 is 6.03 Å². The molecule has 4 heteroatoms. The topological polar surface area (TPSA) is 44.4 Å². The third-order valence-corrected chi connectivity index (χ3v) is 3.26. The zero-order chi connectivity index (χ0) is 12.0. The van der Waals surface area contributed by atoms with Gasteiger partial charge in [0.2, 0.25) is 0 Å². The summed E-state index contributed by atoms with van der Waals surface area (Å²) in [6.07, 6.45) is 5.23. The number of rotatable bonds is 4. The standard InChI is InChI=1S/C12H25N3O/c1-10-4-6-11(7-5-10)13-8-9-14-12(16)15(2)3/h10-11,13H,4-9H2,1-3H3,(H,14,16). The minimum absolute atomic E-state index is 0.0148. The summed E-state index contributed by atoms with van der Waals surface area (Å²) in [6, 6.07) is 0.645. The van der Waals surface area contributed by atoms with Gasteiger partial charge in [-0.3, -0.25) is 0 Å². The Kier molecular flexibility index (Phi) is 5.60. The molecule has 0 aromatic heterocycles. The number of nitrogens with one attached hydrogen (secondary N) is 2. The fourth-order valence-corrected chi connectivity index (χ4v) is 2.07. The Morgan fingerprint density at radius 3 is 2.38 bits per heavy atom. The van der Waals surface area contributed by atoms with Crippen LogP contribution < -0.4 is 10.6 Å². The van der Waals surface area contributed by atoms with E-state index in [0.717, 1.165) is 12.5 Å². The third-order valence-electron chi connectivity index (χ3n) is 3.26. The minimum Gasteiger partial charge on any atom is -0.337 e. The highest BCUT2D eigenvalue weighted by Crippen LogP contribution is 2.23. The first-order valence-corrected chi connectivity index (χ1v) is 6.28. The van der Waals surface area contributed by atoms with Gasteiger partial charge in [-0.25, -0.2) is 4.79 Å². The highest BCUT2D eigenvalue weighted by atomic mass is 16.2. The van der Waals surface area contributed by atoms with Crippen LogP contribution in [-0.2, 0) is 0 Å². The van der Waals surface area contributed by atoms with Crippen LogP contribution in [0.4, 0.5) is 4.79 Å². The van der Waals surface area contributed by atoms with E-state index in [1.54, 1.807) is 19.0 Å². The molecule has 2 N–H and O–H groups in total. The molecule has 0 aliphatic heterocycles. The van der Waals surface area contributed by atoms with E-state index in [-0.39, 0.29) is 6.03 Å². The van der Waals surface area contributed by atoms with Crippen molar-refractivity contribution in [2.75, 3.05) is 27.2 Å². The molecule has 0 bridgehead atoms. The van der Waals surface area contributed by atoms with Crippen LogP contribution >= 0.6 is 0 Å². The van der Waals surface area contributed by atoms with Gasteiger partial charge in [0.05, 0.1) is 0 Å². The lowest BCUT2D eigenvalue weighted by molar-refractivity contribution is 0.217. The molecule has 1 fully saturated rings. The highest BCUT2D eigenvalue weighted by molar-refractivity contribution is 5.73. The molecule has 1 saturated carbocycles. The van der Waals surface area contributed by atoms with Gasteiger partial charge in [-0.2, -0.15) is 0 Å². The molecule has 0 saturated heterocycles. The van der Waals surface area contributed by atoms with E-state index in [1.165, 1.54) is 25.7 Å². The molecule has 0 atom stereocenters. The van der Waals surface area contributed by atoms with E-state index in [1.807, 2.05) is 0 Å². The molecule has 0 spiro atoms. The second-order valence-corrected chi connectivity index (χ2v) is 5.04. The van der Waals surface area contributed by atoms with Crippen molar-refractivity contribution in [2.45, 2.75) is 38.6 Å². The van der Waals surface area contributed by atoms with Crippen molar-refractivity contribution in [3.8, 4) is 0 Å². The predicted molar refractivity (Wildman–Crippen MR) is 66.5 cm³/mol. The lowest BCUT2D eigenvalue weighted by Crippen LogP contribution is -2.41. The van der Waals surface area contributed by atoms with E-state index in [0.29, 0.717) is 12.6 Å². The summed E-state index contributed by atoms with van der Waals surface area (Å²) in [6.45, 7) is 3.91. The summed E-state index contributed by atoms with van der Waals surface area (Å²) < 4.78 is 0. The van der Waals surface area contributed by atoms with Crippen molar-refractivity contribution < 1.29 is 4.79 Å². The average Bonchev–Trinajstić information content (AvgIpc) is 2.26. The number of nitrogens with zero attached hydrogens (tertiary/aromatic N) is 1. The van der Waals surface area contributed by atoms with E-state index < -0.39 is 0 Å². The molecule has 2 amide bonds. The van der Waals surface area contributed by atoms with Crippen molar-refractivity contribution in [1.82, 2.24) is 15.5 Å². The maximum atomic E-state index is 11.2. The number of urea groups is 1. The molecular weight excluding hydrogens is 202 g/mol. The lowest BCUT2D eigenvalue weighted by Gasteiger charge is -2.27. The van der Waals surface area contributed by atoms with Crippen LogP contribution in [0.5, 0.6) is 0 Å². The average molecular weight is 227 g/mol. The van der Waals surface area contributed by atoms with Crippen LogP contribution in [0.15, 0.2) is 0 Å². The molecule has 1 rings (SSSR count). The van der Waals surface area contributed by atoms with Crippen LogP contribution in [0.2, 0.25) is 0 Å². The van der Waals surface area contributed by atoms with Crippen LogP contribution in [0.1, 0.15) is 32.6 Å². The normalized spacial score (nSPS) is 25.2. The maximum absolute atomic E-state index is 11.2. The number of carbonyl (C=O) groups excluding carboxylic acids is 1. The first kappa shape index (κ1) is 13.3. The Morgan fingerprint density at radius 2 is 1.81 bits per heavy atom. The Labute approximate surface area is 98.8 Å². The van der Waals surface area contributed by atoms with E-state index in [2.05, 4.69) is 17.6 Å². The Hall–Kier alpha value is -0.770. The number of hydrogen-bond acceptors (Lipinski definition) is 2. The van der Waals surface area contributed by atoms with Crippen LogP contribution in [0, 0.1) is 5.92 Å². The molecule has 0 unspecified atom stereocenters. The molecule has 1 aliphatic rings. The van der Waals surface area contributed by atoms with Gasteiger partial charge in [0.15, 0.2) is 0 Å². The van der Waals surface area contributed by atoms with E-state index in [9.17, 15) is 4.79 Å². The van der Waals surface area contributed by atoms with Gasteiger partial charge < -0.3 is 15.5 Å². The summed E-state index contributed by atoms with van der Waals surface area (Å²) in [5.74, 6) is 0.895. The fraction of sp³-hybridized carbons (Fsp3) is 0.917. The van der Waals surface area contributed by atoms with Gasteiger partial charge in [-0.15, -0.1) is 0 Å².